The Morgan fingerprint density at radius 1 is 1.39 bits per heavy atom. The van der Waals surface area contributed by atoms with Gasteiger partial charge in [0.05, 0.1) is 6.54 Å². The third-order valence-electron chi connectivity index (χ3n) is 5.77. The Labute approximate surface area is 112 Å². The standard InChI is InChI=1S/C16H28N2/c1-6-7-12(4)16-13(5)14(16)8-9-18-10-15(16,18)17-11(2)3/h8-9,11-14,17H,6-7,10H2,1-5H3/t12-,13-,14+,15-,16?,18?/m0/s1. The van der Waals surface area contributed by atoms with Crippen LogP contribution in [0.5, 0.6) is 0 Å². The molecule has 0 amide bonds. The summed E-state index contributed by atoms with van der Waals surface area (Å²) in [6.45, 7) is 13.1. The van der Waals surface area contributed by atoms with Crippen LogP contribution in [0.15, 0.2) is 12.3 Å². The molecule has 1 N–H and O–H groups in total. The molecule has 2 aliphatic heterocycles. The van der Waals surface area contributed by atoms with Crippen molar-refractivity contribution >= 4 is 0 Å². The predicted molar refractivity (Wildman–Crippen MR) is 76.0 cm³/mol. The Morgan fingerprint density at radius 2 is 2.11 bits per heavy atom. The van der Waals surface area contributed by atoms with Crippen molar-refractivity contribution in [3.63, 3.8) is 0 Å². The maximum absolute atomic E-state index is 3.91. The van der Waals surface area contributed by atoms with Gasteiger partial charge in [0.2, 0.25) is 0 Å². The van der Waals surface area contributed by atoms with E-state index < -0.39 is 0 Å². The lowest BCUT2D eigenvalue weighted by Crippen LogP contribution is -2.52. The molecule has 2 nitrogen and oxygen atoms in total. The number of nitrogens with one attached hydrogen (secondary N) is 1. The second kappa shape index (κ2) is 3.75. The number of allylic oxidation sites excluding steroid dienone is 1. The van der Waals surface area contributed by atoms with Crippen molar-refractivity contribution in [2.75, 3.05) is 6.54 Å². The second-order valence-electron chi connectivity index (χ2n) is 7.07. The van der Waals surface area contributed by atoms with E-state index in [9.17, 15) is 0 Å². The summed E-state index contributed by atoms with van der Waals surface area (Å²) in [5, 5.41) is 3.91. The summed E-state index contributed by atoms with van der Waals surface area (Å²) in [5.74, 6) is 2.47. The molecular formula is C16H28N2. The average molecular weight is 248 g/mol. The lowest BCUT2D eigenvalue weighted by Gasteiger charge is -2.38. The van der Waals surface area contributed by atoms with Gasteiger partial charge in [0.25, 0.3) is 0 Å². The van der Waals surface area contributed by atoms with Gasteiger partial charge in [-0.3, -0.25) is 5.32 Å². The Bertz CT molecular complexity index is 375. The largest absolute Gasteiger partial charge is 0.354 e. The first-order valence-electron chi connectivity index (χ1n) is 7.73. The molecule has 102 valence electrons. The van der Waals surface area contributed by atoms with E-state index in [4.69, 9.17) is 0 Å². The van der Waals surface area contributed by atoms with Gasteiger partial charge in [0.1, 0.15) is 5.66 Å². The highest BCUT2D eigenvalue weighted by Crippen LogP contribution is 2.76. The molecule has 18 heavy (non-hydrogen) atoms. The van der Waals surface area contributed by atoms with Crippen molar-refractivity contribution in [3.8, 4) is 0 Å². The Hall–Kier alpha value is -0.500. The van der Waals surface area contributed by atoms with Crippen LogP contribution in [-0.2, 0) is 0 Å². The van der Waals surface area contributed by atoms with Gasteiger partial charge in [-0.25, -0.2) is 0 Å². The first kappa shape index (κ1) is 12.5. The van der Waals surface area contributed by atoms with Crippen LogP contribution >= 0.6 is 0 Å². The number of rotatable bonds is 5. The van der Waals surface area contributed by atoms with Gasteiger partial charge in [-0.1, -0.05) is 39.7 Å². The van der Waals surface area contributed by atoms with E-state index in [1.807, 2.05) is 0 Å². The third-order valence-corrected chi connectivity index (χ3v) is 5.77. The minimum absolute atomic E-state index is 0.286. The summed E-state index contributed by atoms with van der Waals surface area (Å²) < 4.78 is 0. The summed E-state index contributed by atoms with van der Waals surface area (Å²) >= 11 is 0. The molecule has 3 rings (SSSR count). The van der Waals surface area contributed by atoms with Crippen molar-refractivity contribution in [2.45, 2.75) is 59.2 Å². The van der Waals surface area contributed by atoms with Crippen molar-refractivity contribution in [1.29, 1.82) is 0 Å². The van der Waals surface area contributed by atoms with Crippen molar-refractivity contribution < 1.29 is 0 Å². The molecule has 1 saturated carbocycles. The molecule has 1 unspecified atom stereocenters. The van der Waals surface area contributed by atoms with Crippen molar-refractivity contribution in [1.82, 2.24) is 10.2 Å². The highest BCUT2D eigenvalue weighted by Gasteiger charge is 2.81. The van der Waals surface area contributed by atoms with Gasteiger partial charge >= 0.3 is 0 Å². The number of hydrogen-bond acceptors (Lipinski definition) is 2. The van der Waals surface area contributed by atoms with Gasteiger partial charge in [-0.05, 0) is 37.8 Å². The minimum Gasteiger partial charge on any atom is -0.354 e. The molecule has 0 aromatic heterocycles. The number of hydrogen-bond donors (Lipinski definition) is 1. The van der Waals surface area contributed by atoms with E-state index >= 15 is 0 Å². The van der Waals surface area contributed by atoms with E-state index in [0.717, 1.165) is 17.8 Å². The summed E-state index contributed by atoms with van der Waals surface area (Å²) in [5.41, 5.74) is 0.788. The van der Waals surface area contributed by atoms with Gasteiger partial charge in [-0.15, -0.1) is 0 Å². The molecule has 0 radical (unpaired) electrons. The maximum Gasteiger partial charge on any atom is 0.115 e. The fraction of sp³-hybridized carbons (Fsp3) is 0.875. The predicted octanol–water partition coefficient (Wildman–Crippen LogP) is 3.21. The maximum atomic E-state index is 3.91. The molecule has 2 heteroatoms. The molecule has 2 heterocycles. The van der Waals surface area contributed by atoms with E-state index in [-0.39, 0.29) is 5.66 Å². The zero-order valence-corrected chi connectivity index (χ0v) is 12.5. The van der Waals surface area contributed by atoms with Crippen LogP contribution in [0.2, 0.25) is 0 Å². The van der Waals surface area contributed by atoms with Gasteiger partial charge in [0.15, 0.2) is 0 Å². The van der Waals surface area contributed by atoms with Crippen LogP contribution in [0, 0.1) is 23.2 Å². The highest BCUT2D eigenvalue weighted by molar-refractivity contribution is 5.38. The molecule has 0 aromatic rings. The Kier molecular flexibility index (Phi) is 2.61. The Morgan fingerprint density at radius 3 is 2.72 bits per heavy atom. The molecule has 0 bridgehead atoms. The van der Waals surface area contributed by atoms with Crippen molar-refractivity contribution in [2.24, 2.45) is 23.2 Å². The van der Waals surface area contributed by atoms with E-state index in [1.165, 1.54) is 19.4 Å². The summed E-state index contributed by atoms with van der Waals surface area (Å²) in [6.07, 6.45) is 7.50. The average Bonchev–Trinajstić information content (AvgIpc) is 3.12. The van der Waals surface area contributed by atoms with E-state index in [0.29, 0.717) is 11.5 Å². The minimum atomic E-state index is 0.286. The van der Waals surface area contributed by atoms with Gasteiger partial charge in [-0.2, -0.15) is 0 Å². The summed E-state index contributed by atoms with van der Waals surface area (Å²) in [4.78, 5) is 2.54. The fourth-order valence-corrected chi connectivity index (χ4v) is 5.16. The van der Waals surface area contributed by atoms with E-state index in [2.05, 4.69) is 57.1 Å². The quantitative estimate of drug-likeness (QED) is 0.751. The fourth-order valence-electron chi connectivity index (χ4n) is 5.16. The van der Waals surface area contributed by atoms with Crippen LogP contribution in [0.1, 0.15) is 47.5 Å². The van der Waals surface area contributed by atoms with Crippen LogP contribution < -0.4 is 5.32 Å². The molecule has 0 aromatic carbocycles. The zero-order chi connectivity index (χ0) is 13.1. The van der Waals surface area contributed by atoms with E-state index in [1.54, 1.807) is 0 Å². The topological polar surface area (TPSA) is 15.0 Å². The Balaban J connectivity index is 1.93. The lowest BCUT2D eigenvalue weighted by atomic mass is 9.76. The molecule has 1 saturated heterocycles. The zero-order valence-electron chi connectivity index (χ0n) is 12.5. The van der Waals surface area contributed by atoms with Crippen LogP contribution in [0.4, 0.5) is 0 Å². The van der Waals surface area contributed by atoms with Gasteiger partial charge < -0.3 is 4.90 Å². The lowest BCUT2D eigenvalue weighted by molar-refractivity contribution is 0.130. The summed E-state index contributed by atoms with van der Waals surface area (Å²) in [6, 6.07) is 0.570. The first-order valence-corrected chi connectivity index (χ1v) is 7.73. The molecule has 0 spiro atoms. The number of nitrogens with zero attached hydrogens (tertiary/aromatic N) is 1. The molecular weight excluding hydrogens is 220 g/mol. The normalized spacial score (nSPS) is 45.8. The first-order chi connectivity index (χ1) is 8.50. The summed E-state index contributed by atoms with van der Waals surface area (Å²) in [7, 11) is 0. The highest BCUT2D eigenvalue weighted by atomic mass is 15.5. The number of fused-ring (bicyclic) bond motifs is 3. The van der Waals surface area contributed by atoms with Crippen LogP contribution in [-0.4, -0.2) is 23.1 Å². The smallest absolute Gasteiger partial charge is 0.115 e. The van der Waals surface area contributed by atoms with Crippen molar-refractivity contribution in [3.05, 3.63) is 12.3 Å². The molecule has 1 aliphatic carbocycles. The monoisotopic (exact) mass is 248 g/mol. The molecule has 2 fully saturated rings. The molecule has 3 aliphatic rings. The van der Waals surface area contributed by atoms with Gasteiger partial charge in [0, 0.05) is 11.5 Å². The van der Waals surface area contributed by atoms with Crippen LogP contribution in [0.25, 0.3) is 0 Å². The third kappa shape index (κ3) is 1.28. The SMILES string of the molecule is CCC[C@H](C)C12[C@H](C=CN3C[C@]31NC(C)C)[C@@H]2C. The second-order valence-corrected chi connectivity index (χ2v) is 7.07. The molecule has 5 atom stereocenters. The van der Waals surface area contributed by atoms with Crippen LogP contribution in [0.3, 0.4) is 0 Å².